The number of rotatable bonds is 5. The standard InChI is InChI=1S/C18H16N4O2S2/c23-17(13-1-3-14(4-2-13)18-25-9-10-26-18)20-11-15-21-16(22-24-15)12-5-7-19-8-6-12/h1-8,18H,9-11H2,(H,20,23). The molecule has 1 amide bonds. The van der Waals surface area contributed by atoms with Gasteiger partial charge >= 0.3 is 0 Å². The molecule has 0 aliphatic carbocycles. The van der Waals surface area contributed by atoms with E-state index in [9.17, 15) is 4.79 Å². The summed E-state index contributed by atoms with van der Waals surface area (Å²) >= 11 is 3.90. The first-order valence-corrected chi connectivity index (χ1v) is 10.2. The van der Waals surface area contributed by atoms with E-state index in [1.165, 1.54) is 17.1 Å². The SMILES string of the molecule is O=C(NCc1nc(-c2ccncc2)no1)c1ccc(C2SCCS2)cc1. The van der Waals surface area contributed by atoms with Crippen LogP contribution in [0.4, 0.5) is 0 Å². The van der Waals surface area contributed by atoms with Crippen LogP contribution in [0.1, 0.15) is 26.4 Å². The number of carbonyl (C=O) groups is 1. The monoisotopic (exact) mass is 384 g/mol. The molecule has 0 unspecified atom stereocenters. The van der Waals surface area contributed by atoms with Crippen molar-refractivity contribution in [3.05, 3.63) is 65.8 Å². The van der Waals surface area contributed by atoms with E-state index in [1.54, 1.807) is 24.5 Å². The molecule has 3 heterocycles. The lowest BCUT2D eigenvalue weighted by molar-refractivity contribution is 0.0946. The number of amides is 1. The molecule has 0 bridgehead atoms. The number of benzene rings is 1. The highest BCUT2D eigenvalue weighted by atomic mass is 32.2. The summed E-state index contributed by atoms with van der Waals surface area (Å²) in [7, 11) is 0. The van der Waals surface area contributed by atoms with Gasteiger partial charge in [0.25, 0.3) is 5.91 Å². The zero-order valence-electron chi connectivity index (χ0n) is 13.8. The second-order valence-electron chi connectivity index (χ2n) is 5.63. The lowest BCUT2D eigenvalue weighted by atomic mass is 10.1. The predicted molar refractivity (Wildman–Crippen MR) is 103 cm³/mol. The van der Waals surface area contributed by atoms with Gasteiger partial charge in [-0.2, -0.15) is 4.98 Å². The van der Waals surface area contributed by atoms with Gasteiger partial charge in [-0.3, -0.25) is 9.78 Å². The molecule has 4 rings (SSSR count). The van der Waals surface area contributed by atoms with Crippen LogP contribution in [0.2, 0.25) is 0 Å². The first kappa shape index (κ1) is 17.1. The number of aromatic nitrogens is 3. The fourth-order valence-electron chi connectivity index (χ4n) is 2.55. The van der Waals surface area contributed by atoms with E-state index in [0.29, 0.717) is 21.9 Å². The van der Waals surface area contributed by atoms with Gasteiger partial charge in [0.1, 0.15) is 0 Å². The number of thioether (sulfide) groups is 2. The van der Waals surface area contributed by atoms with Crippen LogP contribution < -0.4 is 5.32 Å². The molecule has 0 saturated carbocycles. The van der Waals surface area contributed by atoms with Crippen molar-refractivity contribution < 1.29 is 9.32 Å². The number of hydrogen-bond donors (Lipinski definition) is 1. The molecule has 1 aliphatic heterocycles. The summed E-state index contributed by atoms with van der Waals surface area (Å²) < 4.78 is 5.67. The van der Waals surface area contributed by atoms with E-state index in [4.69, 9.17) is 4.52 Å². The molecule has 6 nitrogen and oxygen atoms in total. The van der Waals surface area contributed by atoms with Gasteiger partial charge in [-0.25, -0.2) is 0 Å². The van der Waals surface area contributed by atoms with Crippen molar-refractivity contribution >= 4 is 29.4 Å². The Morgan fingerprint density at radius 2 is 1.85 bits per heavy atom. The second kappa shape index (κ2) is 7.92. The molecule has 0 spiro atoms. The van der Waals surface area contributed by atoms with Crippen molar-refractivity contribution in [3.63, 3.8) is 0 Å². The summed E-state index contributed by atoms with van der Waals surface area (Å²) in [4.78, 5) is 20.6. The molecule has 1 saturated heterocycles. The van der Waals surface area contributed by atoms with Gasteiger partial charge in [-0.05, 0) is 29.8 Å². The average molecular weight is 384 g/mol. The molecule has 3 aromatic rings. The van der Waals surface area contributed by atoms with Gasteiger partial charge in [0.05, 0.1) is 11.1 Å². The molecule has 1 aromatic carbocycles. The van der Waals surface area contributed by atoms with Crippen LogP contribution in [-0.4, -0.2) is 32.5 Å². The molecule has 1 fully saturated rings. The van der Waals surface area contributed by atoms with Gasteiger partial charge in [0, 0.05) is 35.0 Å². The second-order valence-corrected chi connectivity index (χ2v) is 8.35. The first-order valence-electron chi connectivity index (χ1n) is 8.14. The Morgan fingerprint density at radius 3 is 2.58 bits per heavy atom. The molecule has 0 atom stereocenters. The fraction of sp³-hybridized carbons (Fsp3) is 0.222. The Bertz CT molecular complexity index is 878. The fourth-order valence-corrected chi connectivity index (χ4v) is 5.40. The Morgan fingerprint density at radius 1 is 1.12 bits per heavy atom. The summed E-state index contributed by atoms with van der Waals surface area (Å²) in [6.45, 7) is 0.187. The smallest absolute Gasteiger partial charge is 0.251 e. The maximum atomic E-state index is 12.3. The zero-order chi connectivity index (χ0) is 17.8. The van der Waals surface area contributed by atoms with Gasteiger partial charge < -0.3 is 9.84 Å². The Hall–Kier alpha value is -2.32. The van der Waals surface area contributed by atoms with Crippen molar-refractivity contribution in [2.75, 3.05) is 11.5 Å². The summed E-state index contributed by atoms with van der Waals surface area (Å²) in [6, 6.07) is 11.4. The van der Waals surface area contributed by atoms with Gasteiger partial charge in [0.15, 0.2) is 0 Å². The molecule has 1 aliphatic rings. The van der Waals surface area contributed by atoms with Gasteiger partial charge in [-0.1, -0.05) is 17.3 Å². The van der Waals surface area contributed by atoms with Crippen molar-refractivity contribution in [2.45, 2.75) is 11.1 Å². The van der Waals surface area contributed by atoms with Crippen molar-refractivity contribution in [1.29, 1.82) is 0 Å². The van der Waals surface area contributed by atoms with Crippen LogP contribution in [0, 0.1) is 0 Å². The van der Waals surface area contributed by atoms with Crippen LogP contribution in [0.15, 0.2) is 53.3 Å². The summed E-state index contributed by atoms with van der Waals surface area (Å²) in [5.41, 5.74) is 2.70. The number of carbonyl (C=O) groups excluding carboxylic acids is 1. The minimum atomic E-state index is -0.160. The Balaban J connectivity index is 1.36. The Kier molecular flexibility index (Phi) is 5.21. The number of nitrogens with one attached hydrogen (secondary N) is 1. The van der Waals surface area contributed by atoms with Crippen LogP contribution in [0.3, 0.4) is 0 Å². The topological polar surface area (TPSA) is 80.9 Å². The molecule has 2 aromatic heterocycles. The average Bonchev–Trinajstić information content (AvgIpc) is 3.39. The van der Waals surface area contributed by atoms with Crippen molar-refractivity contribution in [3.8, 4) is 11.4 Å². The van der Waals surface area contributed by atoms with E-state index in [0.717, 1.165) is 5.56 Å². The largest absolute Gasteiger partial charge is 0.343 e. The molecule has 26 heavy (non-hydrogen) atoms. The summed E-state index contributed by atoms with van der Waals surface area (Å²) in [6.07, 6.45) is 3.33. The molecule has 0 radical (unpaired) electrons. The third kappa shape index (κ3) is 3.91. The Labute approximate surface area is 159 Å². The summed E-state index contributed by atoms with van der Waals surface area (Å²) in [5.74, 6) is 3.05. The van der Waals surface area contributed by atoms with E-state index in [-0.39, 0.29) is 12.5 Å². The lowest BCUT2D eigenvalue weighted by Gasteiger charge is -2.09. The van der Waals surface area contributed by atoms with Crippen LogP contribution in [0.5, 0.6) is 0 Å². The molecule has 8 heteroatoms. The maximum Gasteiger partial charge on any atom is 0.251 e. The van der Waals surface area contributed by atoms with E-state index in [1.807, 2.05) is 47.8 Å². The minimum absolute atomic E-state index is 0.160. The third-order valence-electron chi connectivity index (χ3n) is 3.87. The van der Waals surface area contributed by atoms with Crippen LogP contribution in [-0.2, 0) is 6.54 Å². The molecule has 1 N–H and O–H groups in total. The normalized spacial score (nSPS) is 14.5. The van der Waals surface area contributed by atoms with E-state index in [2.05, 4.69) is 20.4 Å². The number of nitrogens with zero attached hydrogens (tertiary/aromatic N) is 3. The summed E-state index contributed by atoms with van der Waals surface area (Å²) in [5, 5.41) is 6.73. The highest BCUT2D eigenvalue weighted by Crippen LogP contribution is 2.45. The van der Waals surface area contributed by atoms with Gasteiger partial charge in [0.2, 0.25) is 11.7 Å². The molecule has 132 valence electrons. The maximum absolute atomic E-state index is 12.3. The number of pyridine rings is 1. The highest BCUT2D eigenvalue weighted by molar-refractivity contribution is 8.19. The minimum Gasteiger partial charge on any atom is -0.343 e. The number of hydrogen-bond acceptors (Lipinski definition) is 7. The van der Waals surface area contributed by atoms with E-state index >= 15 is 0 Å². The van der Waals surface area contributed by atoms with Crippen molar-refractivity contribution in [1.82, 2.24) is 20.4 Å². The zero-order valence-corrected chi connectivity index (χ0v) is 15.4. The quantitative estimate of drug-likeness (QED) is 0.720. The van der Waals surface area contributed by atoms with Crippen LogP contribution >= 0.6 is 23.5 Å². The van der Waals surface area contributed by atoms with Crippen LogP contribution in [0.25, 0.3) is 11.4 Å². The highest BCUT2D eigenvalue weighted by Gasteiger charge is 2.18. The lowest BCUT2D eigenvalue weighted by Crippen LogP contribution is -2.22. The van der Waals surface area contributed by atoms with Gasteiger partial charge in [-0.15, -0.1) is 23.5 Å². The van der Waals surface area contributed by atoms with Crippen molar-refractivity contribution in [2.24, 2.45) is 0 Å². The predicted octanol–water partition coefficient (Wildman–Crippen LogP) is 3.54. The van der Waals surface area contributed by atoms with E-state index < -0.39 is 0 Å². The third-order valence-corrected chi connectivity index (χ3v) is 6.98. The molecular formula is C18H16N4O2S2. The first-order chi connectivity index (χ1) is 12.8. The molecular weight excluding hydrogens is 368 g/mol.